The maximum absolute atomic E-state index is 11.9. The molecule has 0 spiro atoms. The lowest BCUT2D eigenvalue weighted by Crippen LogP contribution is -2.29. The van der Waals surface area contributed by atoms with Crippen molar-refractivity contribution in [3.05, 3.63) is 35.4 Å². The second-order valence-electron chi connectivity index (χ2n) is 5.47. The number of amides is 1. The number of nitrogens with one attached hydrogen (secondary N) is 1. The minimum Gasteiger partial charge on any atom is -0.502 e. The Bertz CT molecular complexity index is 456. The Balaban J connectivity index is 2.36. The monoisotopic (exact) mass is 307 g/mol. The van der Waals surface area contributed by atoms with Crippen molar-refractivity contribution in [1.29, 1.82) is 0 Å². The van der Waals surface area contributed by atoms with Crippen molar-refractivity contribution in [2.24, 2.45) is 5.92 Å². The van der Waals surface area contributed by atoms with E-state index < -0.39 is 0 Å². The first-order chi connectivity index (χ1) is 10.0. The molecule has 2 N–H and O–H groups in total. The Kier molecular flexibility index (Phi) is 7.98. The average Bonchev–Trinajstić information content (AvgIpc) is 2.49. The predicted molar refractivity (Wildman–Crippen MR) is 90.5 cm³/mol. The van der Waals surface area contributed by atoms with E-state index in [2.05, 4.69) is 48.7 Å². The molecule has 1 atom stereocenters. The van der Waals surface area contributed by atoms with E-state index in [1.807, 2.05) is 6.92 Å². The van der Waals surface area contributed by atoms with E-state index in [1.165, 1.54) is 18.4 Å². The normalized spacial score (nSPS) is 11.9. The number of hydrogen-bond acceptors (Lipinski definition) is 2. The van der Waals surface area contributed by atoms with Gasteiger partial charge in [-0.3, -0.25) is 4.79 Å². The van der Waals surface area contributed by atoms with Gasteiger partial charge in [-0.15, -0.1) is 0 Å². The van der Waals surface area contributed by atoms with Gasteiger partial charge in [0, 0.05) is 18.9 Å². The molecule has 0 aliphatic rings. The van der Waals surface area contributed by atoms with E-state index >= 15 is 0 Å². The van der Waals surface area contributed by atoms with Gasteiger partial charge in [0.15, 0.2) is 5.05 Å². The summed E-state index contributed by atoms with van der Waals surface area (Å²) in [6, 6.07) is 8.40. The van der Waals surface area contributed by atoms with Gasteiger partial charge < -0.3 is 10.4 Å². The Morgan fingerprint density at radius 2 is 1.90 bits per heavy atom. The number of benzene rings is 1. The second kappa shape index (κ2) is 9.50. The molecule has 1 unspecified atom stereocenters. The van der Waals surface area contributed by atoms with Gasteiger partial charge in [-0.25, -0.2) is 0 Å². The number of aliphatic hydroxyl groups is 1. The first-order valence-corrected chi connectivity index (χ1v) is 8.01. The zero-order chi connectivity index (χ0) is 15.7. The molecule has 0 aliphatic carbocycles. The smallest absolute Gasteiger partial charge is 0.223 e. The number of unbranched alkanes of at least 4 members (excludes halogenated alkanes) is 1. The molecule has 0 fully saturated rings. The Hall–Kier alpha value is -1.42. The van der Waals surface area contributed by atoms with E-state index in [9.17, 15) is 4.79 Å². The molecule has 0 aliphatic heterocycles. The summed E-state index contributed by atoms with van der Waals surface area (Å²) in [5, 5.41) is 11.9. The van der Waals surface area contributed by atoms with Crippen LogP contribution in [0.2, 0.25) is 0 Å². The van der Waals surface area contributed by atoms with Gasteiger partial charge in [-0.2, -0.15) is 0 Å². The van der Waals surface area contributed by atoms with E-state index in [-0.39, 0.29) is 16.9 Å². The molecule has 0 saturated carbocycles. The van der Waals surface area contributed by atoms with Crippen molar-refractivity contribution in [2.45, 2.75) is 52.5 Å². The molecule has 1 aromatic carbocycles. The summed E-state index contributed by atoms with van der Waals surface area (Å²) in [6.45, 7) is 4.58. The van der Waals surface area contributed by atoms with Gasteiger partial charge in [0.1, 0.15) is 0 Å². The molecule has 116 valence electrons. The maximum Gasteiger partial charge on any atom is 0.223 e. The lowest BCUT2D eigenvalue weighted by atomic mass is 10.0. The highest BCUT2D eigenvalue weighted by Crippen LogP contribution is 2.09. The van der Waals surface area contributed by atoms with Crippen LogP contribution in [0.25, 0.3) is 0 Å². The molecular formula is C17H25NO2S. The maximum atomic E-state index is 11.9. The third kappa shape index (κ3) is 7.23. The summed E-state index contributed by atoms with van der Waals surface area (Å²) in [5.74, 6) is -0.139. The van der Waals surface area contributed by atoms with Crippen molar-refractivity contribution in [1.82, 2.24) is 5.32 Å². The van der Waals surface area contributed by atoms with Gasteiger partial charge in [0.05, 0.1) is 0 Å². The molecule has 1 amide bonds. The van der Waals surface area contributed by atoms with Crippen LogP contribution in [-0.4, -0.2) is 16.1 Å². The van der Waals surface area contributed by atoms with Crippen LogP contribution in [0.3, 0.4) is 0 Å². The molecule has 0 saturated heterocycles. The first-order valence-electron chi connectivity index (χ1n) is 7.60. The number of hydrogen-bond donors (Lipinski definition) is 2. The minimum atomic E-state index is -0.140. The quantitative estimate of drug-likeness (QED) is 0.679. The van der Waals surface area contributed by atoms with Gasteiger partial charge in [0.2, 0.25) is 5.91 Å². The molecule has 0 heterocycles. The Morgan fingerprint density at radius 1 is 1.29 bits per heavy atom. The number of carbonyl (C=O) groups is 1. The number of aryl methyl sites for hydroxylation is 1. The van der Waals surface area contributed by atoms with E-state index in [4.69, 9.17) is 5.11 Å². The summed E-state index contributed by atoms with van der Waals surface area (Å²) in [4.78, 5) is 11.9. The fourth-order valence-corrected chi connectivity index (χ4v) is 2.16. The Morgan fingerprint density at radius 3 is 2.48 bits per heavy atom. The predicted octanol–water partition coefficient (Wildman–Crippen LogP) is 3.95. The topological polar surface area (TPSA) is 49.3 Å². The van der Waals surface area contributed by atoms with E-state index in [0.717, 1.165) is 12.0 Å². The average molecular weight is 307 g/mol. The molecule has 0 bridgehead atoms. The van der Waals surface area contributed by atoms with Crippen molar-refractivity contribution >= 4 is 23.2 Å². The molecule has 21 heavy (non-hydrogen) atoms. The summed E-state index contributed by atoms with van der Waals surface area (Å²) in [5.41, 5.74) is 2.45. The zero-order valence-electron chi connectivity index (χ0n) is 12.9. The number of carbonyl (C=O) groups excluding carboxylic acids is 1. The molecule has 0 radical (unpaired) electrons. The highest BCUT2D eigenvalue weighted by atomic mass is 32.1. The Labute approximate surface area is 132 Å². The van der Waals surface area contributed by atoms with Crippen LogP contribution in [0, 0.1) is 5.92 Å². The zero-order valence-corrected chi connectivity index (χ0v) is 13.7. The van der Waals surface area contributed by atoms with Crippen LogP contribution in [0.1, 0.15) is 50.7 Å². The van der Waals surface area contributed by atoms with Crippen LogP contribution < -0.4 is 5.32 Å². The summed E-state index contributed by atoms with van der Waals surface area (Å²) >= 11 is 4.61. The largest absolute Gasteiger partial charge is 0.502 e. The molecular weight excluding hydrogens is 282 g/mol. The summed E-state index contributed by atoms with van der Waals surface area (Å²) in [7, 11) is 0. The first kappa shape index (κ1) is 17.6. The fourth-order valence-electron chi connectivity index (χ4n) is 2.04. The van der Waals surface area contributed by atoms with E-state index in [1.54, 1.807) is 0 Å². The summed E-state index contributed by atoms with van der Waals surface area (Å²) in [6.07, 6.45) is 4.50. The van der Waals surface area contributed by atoms with E-state index in [0.29, 0.717) is 19.4 Å². The number of aliphatic hydroxyl groups excluding tert-OH is 1. The minimum absolute atomic E-state index is 0.00121. The number of rotatable bonds is 9. The van der Waals surface area contributed by atoms with Crippen LogP contribution in [0.15, 0.2) is 24.3 Å². The van der Waals surface area contributed by atoms with Gasteiger partial charge in [-0.1, -0.05) is 44.5 Å². The third-order valence-corrected chi connectivity index (χ3v) is 3.75. The highest BCUT2D eigenvalue weighted by Gasteiger charge is 2.12. The van der Waals surface area contributed by atoms with Crippen molar-refractivity contribution in [3.8, 4) is 0 Å². The fraction of sp³-hybridized carbons (Fsp3) is 0.529. The highest BCUT2D eigenvalue weighted by molar-refractivity contribution is 7.80. The van der Waals surface area contributed by atoms with Crippen LogP contribution in [-0.2, 0) is 17.8 Å². The van der Waals surface area contributed by atoms with Gasteiger partial charge in [0.25, 0.3) is 0 Å². The SMILES string of the molecule is CCCCc1ccc(CNC(=O)C(C)CCC(O)=S)cc1. The van der Waals surface area contributed by atoms with Crippen molar-refractivity contribution in [2.75, 3.05) is 0 Å². The standard InChI is InChI=1S/C17H25NO2S/c1-3-4-5-14-7-9-15(10-8-14)12-18-17(20)13(2)6-11-16(19)21/h7-10,13H,3-6,11-12H2,1-2H3,(H,18,20)(H,19,21). The van der Waals surface area contributed by atoms with Gasteiger partial charge >= 0.3 is 0 Å². The molecule has 1 rings (SSSR count). The molecule has 3 nitrogen and oxygen atoms in total. The van der Waals surface area contributed by atoms with Crippen LogP contribution >= 0.6 is 12.2 Å². The third-order valence-electron chi connectivity index (χ3n) is 3.55. The number of thiocarbonyl (C=S) groups is 1. The molecule has 0 aromatic heterocycles. The van der Waals surface area contributed by atoms with Crippen molar-refractivity contribution < 1.29 is 9.90 Å². The molecule has 4 heteroatoms. The van der Waals surface area contributed by atoms with Crippen molar-refractivity contribution in [3.63, 3.8) is 0 Å². The van der Waals surface area contributed by atoms with Crippen LogP contribution in [0.4, 0.5) is 0 Å². The lowest BCUT2D eigenvalue weighted by molar-refractivity contribution is -0.124. The second-order valence-corrected chi connectivity index (χ2v) is 5.94. The van der Waals surface area contributed by atoms with Crippen LogP contribution in [0.5, 0.6) is 0 Å². The van der Waals surface area contributed by atoms with Gasteiger partial charge in [-0.05, 0) is 42.6 Å². The lowest BCUT2D eigenvalue weighted by Gasteiger charge is -2.12. The summed E-state index contributed by atoms with van der Waals surface area (Å²) < 4.78 is 0. The molecule has 1 aromatic rings.